The number of aromatic amines is 1. The number of hydrogen-bond donors (Lipinski definition) is 2. The number of nitrogens with zero attached hydrogens (tertiary/aromatic N) is 4. The quantitative estimate of drug-likeness (QED) is 0.464. The van der Waals surface area contributed by atoms with Crippen LogP contribution in [0.25, 0.3) is 0 Å². The number of rotatable bonds is 10. The summed E-state index contributed by atoms with van der Waals surface area (Å²) in [5.41, 5.74) is 4.79. The molecule has 3 heterocycles. The van der Waals surface area contributed by atoms with Crippen LogP contribution in [-0.2, 0) is 18.7 Å². The van der Waals surface area contributed by atoms with Crippen molar-refractivity contribution in [3.63, 3.8) is 0 Å². The van der Waals surface area contributed by atoms with Gasteiger partial charge in [-0.2, -0.15) is 11.8 Å². The standard InChI is InChI=1S/C21H28N6OS2/c1-14-7-16(9-23-15(14)2)8-17-10-24-21(26-20(17)28)22-5-6-29-12-18-13-30-19(25-18)11-27(3)4/h7,9-10,13H,5-6,8,11-12H2,1-4H3,(H2,22,24,26,28). The van der Waals surface area contributed by atoms with E-state index in [2.05, 4.69) is 41.6 Å². The maximum atomic E-state index is 12.4. The summed E-state index contributed by atoms with van der Waals surface area (Å²) in [6, 6.07) is 2.07. The van der Waals surface area contributed by atoms with Crippen molar-refractivity contribution in [2.24, 2.45) is 0 Å². The van der Waals surface area contributed by atoms with Gasteiger partial charge in [0, 0.05) is 60.0 Å². The molecule has 0 aliphatic rings. The van der Waals surface area contributed by atoms with E-state index in [9.17, 15) is 4.79 Å². The summed E-state index contributed by atoms with van der Waals surface area (Å²) in [6.07, 6.45) is 3.98. The highest BCUT2D eigenvalue weighted by Crippen LogP contribution is 2.16. The number of nitrogens with one attached hydrogen (secondary N) is 2. The van der Waals surface area contributed by atoms with Crippen molar-refractivity contribution in [1.29, 1.82) is 0 Å². The van der Waals surface area contributed by atoms with Gasteiger partial charge in [0.15, 0.2) is 0 Å². The molecular weight excluding hydrogens is 416 g/mol. The van der Waals surface area contributed by atoms with Gasteiger partial charge in [-0.1, -0.05) is 6.07 Å². The molecule has 0 unspecified atom stereocenters. The van der Waals surface area contributed by atoms with Crippen molar-refractivity contribution in [3.8, 4) is 0 Å². The second-order valence-corrected chi connectivity index (χ2v) is 9.51. The lowest BCUT2D eigenvalue weighted by Crippen LogP contribution is -2.18. The molecule has 160 valence electrons. The molecule has 2 N–H and O–H groups in total. The molecule has 0 atom stereocenters. The Labute approximate surface area is 185 Å². The van der Waals surface area contributed by atoms with Crippen LogP contribution in [0.4, 0.5) is 5.95 Å². The second-order valence-electron chi connectivity index (χ2n) is 7.46. The lowest BCUT2D eigenvalue weighted by molar-refractivity contribution is 0.401. The first-order chi connectivity index (χ1) is 14.4. The lowest BCUT2D eigenvalue weighted by atomic mass is 10.1. The zero-order valence-electron chi connectivity index (χ0n) is 17.9. The van der Waals surface area contributed by atoms with Crippen molar-refractivity contribution in [2.75, 3.05) is 31.7 Å². The smallest absolute Gasteiger partial charge is 0.255 e. The molecule has 0 aromatic carbocycles. The van der Waals surface area contributed by atoms with Gasteiger partial charge in [-0.15, -0.1) is 11.3 Å². The van der Waals surface area contributed by atoms with Crippen LogP contribution in [0.5, 0.6) is 0 Å². The fourth-order valence-corrected chi connectivity index (χ4v) is 4.60. The third-order valence-corrected chi connectivity index (χ3v) is 6.38. The minimum Gasteiger partial charge on any atom is -0.355 e. The van der Waals surface area contributed by atoms with Crippen LogP contribution in [0.3, 0.4) is 0 Å². The van der Waals surface area contributed by atoms with E-state index in [4.69, 9.17) is 0 Å². The number of aromatic nitrogens is 4. The van der Waals surface area contributed by atoms with E-state index in [-0.39, 0.29) is 5.56 Å². The Kier molecular flexibility index (Phi) is 8.01. The summed E-state index contributed by atoms with van der Waals surface area (Å²) in [5.74, 6) is 2.29. The average Bonchev–Trinajstić information content (AvgIpc) is 3.13. The molecule has 0 saturated carbocycles. The number of anilines is 1. The Hall–Kier alpha value is -2.23. The Morgan fingerprint density at radius 3 is 2.80 bits per heavy atom. The van der Waals surface area contributed by atoms with Gasteiger partial charge >= 0.3 is 0 Å². The Morgan fingerprint density at radius 1 is 1.23 bits per heavy atom. The molecule has 0 amide bonds. The lowest BCUT2D eigenvalue weighted by Gasteiger charge is -2.07. The van der Waals surface area contributed by atoms with Gasteiger partial charge in [0.25, 0.3) is 5.56 Å². The first-order valence-corrected chi connectivity index (χ1v) is 11.8. The summed E-state index contributed by atoms with van der Waals surface area (Å²) >= 11 is 3.52. The normalized spacial score (nSPS) is 11.2. The monoisotopic (exact) mass is 444 g/mol. The Balaban J connectivity index is 1.44. The van der Waals surface area contributed by atoms with E-state index in [1.54, 1.807) is 17.5 Å². The number of aryl methyl sites for hydroxylation is 2. The molecule has 9 heteroatoms. The second kappa shape index (κ2) is 10.7. The minimum absolute atomic E-state index is 0.116. The fraction of sp³-hybridized carbons (Fsp3) is 0.429. The molecule has 30 heavy (non-hydrogen) atoms. The van der Waals surface area contributed by atoms with Crippen LogP contribution >= 0.6 is 23.1 Å². The zero-order valence-corrected chi connectivity index (χ0v) is 19.5. The Morgan fingerprint density at radius 2 is 2.07 bits per heavy atom. The number of H-pyrrole nitrogens is 1. The van der Waals surface area contributed by atoms with E-state index >= 15 is 0 Å². The van der Waals surface area contributed by atoms with Crippen molar-refractivity contribution in [1.82, 2.24) is 24.8 Å². The minimum atomic E-state index is -0.116. The Bertz CT molecular complexity index is 1030. The molecule has 0 bridgehead atoms. The van der Waals surface area contributed by atoms with Gasteiger partial charge in [-0.25, -0.2) is 9.97 Å². The summed E-state index contributed by atoms with van der Waals surface area (Å²) in [6.45, 7) is 5.61. The highest BCUT2D eigenvalue weighted by atomic mass is 32.2. The van der Waals surface area contributed by atoms with Crippen LogP contribution in [0.15, 0.2) is 28.6 Å². The summed E-state index contributed by atoms with van der Waals surface area (Å²) in [4.78, 5) is 30.7. The molecule has 0 saturated heterocycles. The molecule has 0 aliphatic carbocycles. The van der Waals surface area contributed by atoms with Crippen molar-refractivity contribution >= 4 is 29.0 Å². The summed E-state index contributed by atoms with van der Waals surface area (Å²) in [7, 11) is 4.10. The largest absolute Gasteiger partial charge is 0.355 e. The summed E-state index contributed by atoms with van der Waals surface area (Å²) < 4.78 is 0. The van der Waals surface area contributed by atoms with Gasteiger partial charge in [-0.3, -0.25) is 14.8 Å². The highest BCUT2D eigenvalue weighted by molar-refractivity contribution is 7.98. The molecule has 3 rings (SSSR count). The van der Waals surface area contributed by atoms with Gasteiger partial charge in [0.05, 0.1) is 5.69 Å². The first kappa shape index (κ1) is 22.5. The molecule has 3 aromatic rings. The number of thiazole rings is 1. The van der Waals surface area contributed by atoms with Gasteiger partial charge < -0.3 is 10.2 Å². The van der Waals surface area contributed by atoms with E-state index < -0.39 is 0 Å². The SMILES string of the molecule is Cc1cc(Cc2cnc(NCCSCc3csc(CN(C)C)n3)[nH]c2=O)cnc1C. The van der Waals surface area contributed by atoms with Gasteiger partial charge in [0.2, 0.25) is 5.95 Å². The van der Waals surface area contributed by atoms with Crippen LogP contribution in [0.1, 0.15) is 33.1 Å². The zero-order chi connectivity index (χ0) is 21.5. The van der Waals surface area contributed by atoms with Crippen molar-refractivity contribution < 1.29 is 0 Å². The molecule has 0 aliphatic heterocycles. The molecule has 0 fully saturated rings. The maximum absolute atomic E-state index is 12.4. The van der Waals surface area contributed by atoms with Crippen LogP contribution in [-0.4, -0.2) is 51.2 Å². The number of thioether (sulfide) groups is 1. The molecule has 3 aromatic heterocycles. The predicted octanol–water partition coefficient (Wildman–Crippen LogP) is 3.24. The maximum Gasteiger partial charge on any atom is 0.255 e. The van der Waals surface area contributed by atoms with E-state index in [0.29, 0.717) is 17.9 Å². The molecule has 0 spiro atoms. The van der Waals surface area contributed by atoms with Crippen LogP contribution in [0.2, 0.25) is 0 Å². The predicted molar refractivity (Wildman–Crippen MR) is 126 cm³/mol. The number of pyridine rings is 1. The van der Waals surface area contributed by atoms with Crippen LogP contribution < -0.4 is 10.9 Å². The van der Waals surface area contributed by atoms with E-state index in [0.717, 1.165) is 52.1 Å². The third kappa shape index (κ3) is 6.65. The fourth-order valence-electron chi connectivity index (χ4n) is 2.83. The van der Waals surface area contributed by atoms with Gasteiger partial charge in [-0.05, 0) is 39.1 Å². The van der Waals surface area contributed by atoms with Crippen molar-refractivity contribution in [3.05, 3.63) is 67.3 Å². The molecule has 7 nitrogen and oxygen atoms in total. The molecule has 0 radical (unpaired) electrons. The first-order valence-electron chi connectivity index (χ1n) is 9.80. The van der Waals surface area contributed by atoms with Crippen LogP contribution in [0, 0.1) is 13.8 Å². The third-order valence-electron chi connectivity index (χ3n) is 4.50. The highest BCUT2D eigenvalue weighted by Gasteiger charge is 2.06. The number of hydrogen-bond acceptors (Lipinski definition) is 8. The van der Waals surface area contributed by atoms with E-state index in [1.807, 2.05) is 45.9 Å². The summed E-state index contributed by atoms with van der Waals surface area (Å²) in [5, 5.41) is 6.46. The van der Waals surface area contributed by atoms with Crippen molar-refractivity contribution in [2.45, 2.75) is 32.6 Å². The van der Waals surface area contributed by atoms with E-state index in [1.165, 1.54) is 0 Å². The molecular formula is C21H28N6OS2. The van der Waals surface area contributed by atoms with Gasteiger partial charge in [0.1, 0.15) is 5.01 Å². The topological polar surface area (TPSA) is 86.8 Å². The average molecular weight is 445 g/mol.